The fourth-order valence-corrected chi connectivity index (χ4v) is 4.03. The van der Waals surface area contributed by atoms with Crippen molar-refractivity contribution in [2.24, 2.45) is 16.3 Å². The fourth-order valence-electron chi connectivity index (χ4n) is 3.78. The summed E-state index contributed by atoms with van der Waals surface area (Å²) in [5.41, 5.74) is 3.08. The number of carbonyl (C=O) groups is 1. The molecule has 2 aromatic rings. The zero-order valence-corrected chi connectivity index (χ0v) is 20.4. The molecule has 0 spiro atoms. The number of halogens is 1. The van der Waals surface area contributed by atoms with Crippen molar-refractivity contribution in [2.75, 3.05) is 26.7 Å². The topological polar surface area (TPSA) is 106 Å². The van der Waals surface area contributed by atoms with Gasteiger partial charge in [0.1, 0.15) is 0 Å². The number of urea groups is 1. The summed E-state index contributed by atoms with van der Waals surface area (Å²) in [5.74, 6) is 0.800. The van der Waals surface area contributed by atoms with Crippen molar-refractivity contribution in [2.45, 2.75) is 33.7 Å². The number of carbonyl (C=O) groups excluding carboxylic acids is 1. The average Bonchev–Trinajstić information content (AvgIpc) is 3.29. The minimum atomic E-state index is -0.0521. The second-order valence-electron chi connectivity index (χ2n) is 9.28. The van der Waals surface area contributed by atoms with Gasteiger partial charge in [-0.3, -0.25) is 0 Å². The molecular weight excluding hydrogens is 438 g/mol. The second-order valence-corrected chi connectivity index (χ2v) is 9.69. The molecule has 9 heteroatoms. The third-order valence-corrected chi connectivity index (χ3v) is 6.24. The van der Waals surface area contributed by atoms with Gasteiger partial charge >= 0.3 is 6.03 Å². The molecule has 1 aliphatic rings. The summed E-state index contributed by atoms with van der Waals surface area (Å²) in [6.07, 6.45) is 3.84. The molecule has 1 aliphatic heterocycles. The Morgan fingerprint density at radius 3 is 2.79 bits per heavy atom. The van der Waals surface area contributed by atoms with Gasteiger partial charge in [0.15, 0.2) is 0 Å². The SMILES string of the molecule is CNCC(C=N)=Nc1nccc(-c2ccc(CNC(=O)N3CCC(C(C)(C)C)C3)c(Cl)c2)n1. The first-order chi connectivity index (χ1) is 15.7. The summed E-state index contributed by atoms with van der Waals surface area (Å²) in [6.45, 7) is 9.06. The van der Waals surface area contributed by atoms with Crippen LogP contribution in [-0.4, -0.2) is 59.5 Å². The van der Waals surface area contributed by atoms with Gasteiger partial charge in [0, 0.05) is 49.2 Å². The van der Waals surface area contributed by atoms with Gasteiger partial charge in [-0.25, -0.2) is 19.8 Å². The van der Waals surface area contributed by atoms with Gasteiger partial charge in [0.25, 0.3) is 0 Å². The van der Waals surface area contributed by atoms with Gasteiger partial charge in [-0.2, -0.15) is 0 Å². The number of aromatic nitrogens is 2. The summed E-state index contributed by atoms with van der Waals surface area (Å²) < 4.78 is 0. The molecule has 1 saturated heterocycles. The molecule has 8 nitrogen and oxygen atoms in total. The van der Waals surface area contributed by atoms with Gasteiger partial charge < -0.3 is 20.9 Å². The first kappa shape index (κ1) is 24.8. The van der Waals surface area contributed by atoms with E-state index in [2.05, 4.69) is 46.4 Å². The number of aliphatic imine (C=N–C) groups is 1. The predicted octanol–water partition coefficient (Wildman–Crippen LogP) is 4.32. The number of hydrogen-bond donors (Lipinski definition) is 3. The number of hydrogen-bond acceptors (Lipinski definition) is 6. The molecule has 0 saturated carbocycles. The summed E-state index contributed by atoms with van der Waals surface area (Å²) in [5, 5.41) is 13.9. The maximum absolute atomic E-state index is 12.6. The van der Waals surface area contributed by atoms with Crippen molar-refractivity contribution in [3.63, 3.8) is 0 Å². The number of likely N-dealkylation sites (tertiary alicyclic amines) is 1. The largest absolute Gasteiger partial charge is 0.334 e. The van der Waals surface area contributed by atoms with E-state index in [4.69, 9.17) is 17.0 Å². The zero-order valence-electron chi connectivity index (χ0n) is 19.7. The molecule has 176 valence electrons. The van der Waals surface area contributed by atoms with E-state index in [1.807, 2.05) is 23.1 Å². The van der Waals surface area contributed by atoms with Crippen LogP contribution < -0.4 is 10.6 Å². The molecule has 2 amide bonds. The van der Waals surface area contributed by atoms with Gasteiger partial charge in [-0.15, -0.1) is 0 Å². The standard InChI is InChI=1S/C24H32ClN7O/c1-24(2,3)18-8-10-32(15-18)23(33)29-13-17-6-5-16(11-20(17)25)21-7-9-28-22(31-21)30-19(12-26)14-27-4/h5-7,9,11-12,18,26-27H,8,10,13-15H2,1-4H3,(H,29,33). The lowest BCUT2D eigenvalue weighted by atomic mass is 9.80. The lowest BCUT2D eigenvalue weighted by molar-refractivity contribution is 0.196. The van der Waals surface area contributed by atoms with E-state index in [1.165, 1.54) is 6.21 Å². The maximum Gasteiger partial charge on any atom is 0.317 e. The molecule has 1 fully saturated rings. The Bertz CT molecular complexity index is 1030. The smallest absolute Gasteiger partial charge is 0.317 e. The molecule has 2 heterocycles. The van der Waals surface area contributed by atoms with Crippen LogP contribution in [0.15, 0.2) is 35.5 Å². The van der Waals surface area contributed by atoms with Crippen LogP contribution in [0.1, 0.15) is 32.8 Å². The van der Waals surface area contributed by atoms with E-state index in [-0.39, 0.29) is 17.4 Å². The second kappa shape index (κ2) is 10.9. The molecular formula is C24H32ClN7O. The minimum Gasteiger partial charge on any atom is -0.334 e. The van der Waals surface area contributed by atoms with Gasteiger partial charge in [0.2, 0.25) is 5.95 Å². The first-order valence-corrected chi connectivity index (χ1v) is 11.5. The van der Waals surface area contributed by atoms with Crippen LogP contribution in [0.4, 0.5) is 10.7 Å². The Morgan fingerprint density at radius 1 is 1.36 bits per heavy atom. The minimum absolute atomic E-state index is 0.0521. The van der Waals surface area contributed by atoms with Crippen LogP contribution in [0, 0.1) is 16.7 Å². The third-order valence-electron chi connectivity index (χ3n) is 5.89. The number of benzene rings is 1. The van der Waals surface area contributed by atoms with E-state index in [0.29, 0.717) is 35.4 Å². The Hall–Kier alpha value is -2.84. The van der Waals surface area contributed by atoms with Crippen LogP contribution in [0.5, 0.6) is 0 Å². The Morgan fingerprint density at radius 2 is 2.15 bits per heavy atom. The molecule has 3 rings (SSSR count). The summed E-state index contributed by atoms with van der Waals surface area (Å²) in [7, 11) is 1.79. The third kappa shape index (κ3) is 6.58. The summed E-state index contributed by atoms with van der Waals surface area (Å²) in [4.78, 5) is 27.4. The molecule has 33 heavy (non-hydrogen) atoms. The van der Waals surface area contributed by atoms with E-state index >= 15 is 0 Å². The van der Waals surface area contributed by atoms with Crippen LogP contribution in [-0.2, 0) is 6.54 Å². The first-order valence-electron chi connectivity index (χ1n) is 11.1. The Balaban J connectivity index is 1.65. The van der Waals surface area contributed by atoms with Crippen molar-refractivity contribution in [3.8, 4) is 11.3 Å². The highest BCUT2D eigenvalue weighted by molar-refractivity contribution is 6.31. The molecule has 0 radical (unpaired) electrons. The number of nitrogens with zero attached hydrogens (tertiary/aromatic N) is 4. The van der Waals surface area contributed by atoms with Crippen molar-refractivity contribution in [1.29, 1.82) is 5.41 Å². The molecule has 0 bridgehead atoms. The van der Waals surface area contributed by atoms with E-state index in [0.717, 1.165) is 30.6 Å². The van der Waals surface area contributed by atoms with Gasteiger partial charge in [-0.1, -0.05) is 44.5 Å². The zero-order chi connectivity index (χ0) is 24.0. The molecule has 1 unspecified atom stereocenters. The summed E-state index contributed by atoms with van der Waals surface area (Å²) in [6, 6.07) is 7.38. The molecule has 1 aromatic heterocycles. The van der Waals surface area contributed by atoms with Gasteiger partial charge in [0.05, 0.1) is 11.4 Å². The Kier molecular flexibility index (Phi) is 8.15. The lowest BCUT2D eigenvalue weighted by Crippen LogP contribution is -2.39. The van der Waals surface area contributed by atoms with Crippen LogP contribution in [0.2, 0.25) is 5.02 Å². The normalized spacial score (nSPS) is 16.7. The van der Waals surface area contributed by atoms with E-state index < -0.39 is 0 Å². The summed E-state index contributed by atoms with van der Waals surface area (Å²) >= 11 is 6.52. The van der Waals surface area contributed by atoms with E-state index in [9.17, 15) is 4.79 Å². The monoisotopic (exact) mass is 469 g/mol. The quantitative estimate of drug-likeness (QED) is 0.525. The number of rotatable bonds is 7. The predicted molar refractivity (Wildman–Crippen MR) is 134 cm³/mol. The van der Waals surface area contributed by atoms with E-state index in [1.54, 1.807) is 19.3 Å². The lowest BCUT2D eigenvalue weighted by Gasteiger charge is -2.27. The van der Waals surface area contributed by atoms with Crippen molar-refractivity contribution >= 4 is 35.5 Å². The fraction of sp³-hybridized carbons (Fsp3) is 0.458. The van der Waals surface area contributed by atoms with Crippen molar-refractivity contribution in [3.05, 3.63) is 41.0 Å². The highest BCUT2D eigenvalue weighted by Gasteiger charge is 2.33. The number of nitrogens with one attached hydrogen (secondary N) is 3. The van der Waals surface area contributed by atoms with Crippen LogP contribution in [0.3, 0.4) is 0 Å². The average molecular weight is 470 g/mol. The Labute approximate surface area is 200 Å². The highest BCUT2D eigenvalue weighted by Crippen LogP contribution is 2.33. The maximum atomic E-state index is 12.6. The molecule has 0 aliphatic carbocycles. The highest BCUT2D eigenvalue weighted by atomic mass is 35.5. The molecule has 1 aromatic carbocycles. The van der Waals surface area contributed by atoms with Crippen LogP contribution >= 0.6 is 11.6 Å². The molecule has 1 atom stereocenters. The van der Waals surface area contributed by atoms with Gasteiger partial charge in [-0.05, 0) is 42.5 Å². The van der Waals surface area contributed by atoms with Crippen LogP contribution in [0.25, 0.3) is 11.3 Å². The van der Waals surface area contributed by atoms with Crippen molar-refractivity contribution < 1.29 is 4.79 Å². The van der Waals surface area contributed by atoms with Crippen molar-refractivity contribution in [1.82, 2.24) is 25.5 Å². The molecule has 3 N–H and O–H groups in total. The number of amides is 2.